The molecule has 0 spiro atoms. The summed E-state index contributed by atoms with van der Waals surface area (Å²) in [7, 11) is 0. The van der Waals surface area contributed by atoms with Crippen LogP contribution in [-0.2, 0) is 0 Å². The molecule has 0 saturated carbocycles. The topological polar surface area (TPSA) is 26.3 Å². The third kappa shape index (κ3) is 1.99. The number of hydrogen-bond donors (Lipinski definition) is 0. The van der Waals surface area contributed by atoms with Gasteiger partial charge in [-0.3, -0.25) is 0 Å². The number of benzene rings is 5. The molecule has 32 heavy (non-hydrogen) atoms. The first-order valence-corrected chi connectivity index (χ1v) is 10.9. The Morgan fingerprint density at radius 1 is 0.469 bits per heavy atom. The summed E-state index contributed by atoms with van der Waals surface area (Å²) in [5.74, 6) is 0.986. The van der Waals surface area contributed by atoms with Gasteiger partial charge in [0.25, 0.3) is 0 Å². The Bertz CT molecular complexity index is 1880. The van der Waals surface area contributed by atoms with Gasteiger partial charge in [-0.15, -0.1) is 0 Å². The minimum absolute atomic E-state index is 0.919. The molecule has 7 aromatic rings. The Labute approximate surface area is 183 Å². The van der Waals surface area contributed by atoms with Crippen molar-refractivity contribution in [2.45, 2.75) is 0 Å². The Hall–Kier alpha value is -4.30. The van der Waals surface area contributed by atoms with Gasteiger partial charge in [-0.1, -0.05) is 66.7 Å². The number of rotatable bonds is 1. The smallest absolute Gasteiger partial charge is 0.143 e. The van der Waals surface area contributed by atoms with Crippen LogP contribution in [0.15, 0.2) is 106 Å². The molecule has 2 nitrogen and oxygen atoms in total. The summed E-state index contributed by atoms with van der Waals surface area (Å²) in [6, 6.07) is 34.2. The van der Waals surface area contributed by atoms with E-state index in [9.17, 15) is 0 Å². The molecule has 148 valence electrons. The van der Waals surface area contributed by atoms with Crippen molar-refractivity contribution < 1.29 is 8.83 Å². The quantitative estimate of drug-likeness (QED) is 0.271. The number of hydrogen-bond acceptors (Lipinski definition) is 2. The van der Waals surface area contributed by atoms with Crippen LogP contribution in [0.3, 0.4) is 0 Å². The highest BCUT2D eigenvalue weighted by Gasteiger charge is 2.27. The van der Waals surface area contributed by atoms with Gasteiger partial charge < -0.3 is 8.83 Å². The zero-order chi connectivity index (χ0) is 20.8. The van der Waals surface area contributed by atoms with E-state index in [0.717, 1.165) is 33.3 Å². The van der Waals surface area contributed by atoms with E-state index >= 15 is 0 Å². The normalized spacial score (nSPS) is 12.4. The molecule has 0 radical (unpaired) electrons. The van der Waals surface area contributed by atoms with Crippen LogP contribution in [0.1, 0.15) is 0 Å². The lowest BCUT2D eigenvalue weighted by Gasteiger charge is -2.05. The zero-order valence-electron chi connectivity index (χ0n) is 17.1. The average Bonchev–Trinajstić information content (AvgIpc) is 3.49. The van der Waals surface area contributed by atoms with Crippen LogP contribution in [0, 0.1) is 0 Å². The van der Waals surface area contributed by atoms with Crippen molar-refractivity contribution >= 4 is 43.7 Å². The van der Waals surface area contributed by atoms with Crippen LogP contribution in [0.4, 0.5) is 0 Å². The van der Waals surface area contributed by atoms with Gasteiger partial charge in [0.1, 0.15) is 22.5 Å². The fraction of sp³-hybridized carbons (Fsp3) is 0. The van der Waals surface area contributed by atoms with Crippen LogP contribution < -0.4 is 0 Å². The minimum Gasteiger partial charge on any atom is -0.456 e. The summed E-state index contributed by atoms with van der Waals surface area (Å²) in [5, 5.41) is 6.01. The number of furan rings is 2. The van der Waals surface area contributed by atoms with E-state index < -0.39 is 0 Å². The fourth-order valence-corrected chi connectivity index (χ4v) is 5.38. The van der Waals surface area contributed by atoms with Gasteiger partial charge in [0.2, 0.25) is 0 Å². The Morgan fingerprint density at radius 2 is 1.16 bits per heavy atom. The first-order valence-electron chi connectivity index (χ1n) is 10.9. The molecular weight excluding hydrogens is 392 g/mol. The molecule has 0 atom stereocenters. The lowest BCUT2D eigenvalue weighted by atomic mass is 9.98. The summed E-state index contributed by atoms with van der Waals surface area (Å²) in [4.78, 5) is 0. The first-order chi connectivity index (χ1) is 15.8. The molecule has 8 rings (SSSR count). The third-order valence-corrected chi connectivity index (χ3v) is 6.82. The van der Waals surface area contributed by atoms with Crippen molar-refractivity contribution in [3.63, 3.8) is 0 Å². The monoisotopic (exact) mass is 408 g/mol. The maximum absolute atomic E-state index is 6.37. The van der Waals surface area contributed by atoms with Crippen LogP contribution in [-0.4, -0.2) is 0 Å². The second-order valence-electron chi connectivity index (χ2n) is 8.54. The minimum atomic E-state index is 0.919. The maximum atomic E-state index is 6.37. The molecule has 2 heterocycles. The van der Waals surface area contributed by atoms with Crippen molar-refractivity contribution in [1.82, 2.24) is 0 Å². The van der Waals surface area contributed by atoms with E-state index in [1.807, 2.05) is 12.1 Å². The molecule has 0 N–H and O–H groups in total. The van der Waals surface area contributed by atoms with Gasteiger partial charge in [-0.05, 0) is 52.4 Å². The predicted molar refractivity (Wildman–Crippen MR) is 131 cm³/mol. The lowest BCUT2D eigenvalue weighted by Crippen LogP contribution is -1.80. The average molecular weight is 408 g/mol. The molecule has 0 bridgehead atoms. The second kappa shape index (κ2) is 5.68. The first kappa shape index (κ1) is 16.4. The van der Waals surface area contributed by atoms with E-state index in [-0.39, 0.29) is 0 Å². The molecule has 2 aromatic heterocycles. The largest absolute Gasteiger partial charge is 0.456 e. The summed E-state index contributed by atoms with van der Waals surface area (Å²) >= 11 is 0. The Kier molecular flexibility index (Phi) is 2.91. The lowest BCUT2D eigenvalue weighted by molar-refractivity contribution is 0.634. The highest BCUT2D eigenvalue weighted by Crippen LogP contribution is 2.52. The molecule has 0 fully saturated rings. The van der Waals surface area contributed by atoms with Crippen LogP contribution in [0.25, 0.3) is 77.3 Å². The van der Waals surface area contributed by atoms with Gasteiger partial charge in [0.05, 0.1) is 0 Å². The molecule has 0 unspecified atom stereocenters. The van der Waals surface area contributed by atoms with E-state index in [2.05, 4.69) is 84.9 Å². The molecule has 5 aromatic carbocycles. The van der Waals surface area contributed by atoms with Crippen LogP contribution >= 0.6 is 0 Å². The zero-order valence-corrected chi connectivity index (χ0v) is 17.1. The second-order valence-corrected chi connectivity index (χ2v) is 8.54. The molecule has 1 aliphatic rings. The van der Waals surface area contributed by atoms with Crippen LogP contribution in [0.5, 0.6) is 0 Å². The summed E-state index contributed by atoms with van der Waals surface area (Å²) in [6.45, 7) is 0. The van der Waals surface area contributed by atoms with Gasteiger partial charge in [-0.25, -0.2) is 0 Å². The third-order valence-electron chi connectivity index (χ3n) is 6.82. The summed E-state index contributed by atoms with van der Waals surface area (Å²) in [6.07, 6.45) is 0. The summed E-state index contributed by atoms with van der Waals surface area (Å²) < 4.78 is 12.4. The van der Waals surface area contributed by atoms with Crippen molar-refractivity contribution in [3.05, 3.63) is 97.1 Å². The molecule has 0 amide bonds. The van der Waals surface area contributed by atoms with Crippen LogP contribution in [0.2, 0.25) is 0 Å². The Morgan fingerprint density at radius 3 is 2.00 bits per heavy atom. The standard InChI is InChI=1S/C30H16O2/c1-2-10-25-20(7-1)23-15-18(11-13-26(23)31-25)19-12-14-27-24(16-19)29-21-8-3-5-17-6-4-9-22(28(17)21)30(29)32-27/h1-16H. The maximum Gasteiger partial charge on any atom is 0.143 e. The molecule has 2 heteroatoms. The van der Waals surface area contributed by atoms with Crippen molar-refractivity contribution in [2.24, 2.45) is 0 Å². The predicted octanol–water partition coefficient (Wildman–Crippen LogP) is 8.80. The van der Waals surface area contributed by atoms with Gasteiger partial charge >= 0.3 is 0 Å². The van der Waals surface area contributed by atoms with Crippen molar-refractivity contribution in [2.75, 3.05) is 0 Å². The highest BCUT2D eigenvalue weighted by molar-refractivity contribution is 6.20. The van der Waals surface area contributed by atoms with Gasteiger partial charge in [-0.2, -0.15) is 0 Å². The fourth-order valence-electron chi connectivity index (χ4n) is 5.38. The van der Waals surface area contributed by atoms with Crippen molar-refractivity contribution in [3.8, 4) is 33.6 Å². The molecule has 1 aliphatic carbocycles. The summed E-state index contributed by atoms with van der Waals surface area (Å²) in [5.41, 5.74) is 8.79. The van der Waals surface area contributed by atoms with Gasteiger partial charge in [0.15, 0.2) is 0 Å². The van der Waals surface area contributed by atoms with Gasteiger partial charge in [0, 0.05) is 32.7 Å². The van der Waals surface area contributed by atoms with E-state index in [0.29, 0.717) is 0 Å². The highest BCUT2D eigenvalue weighted by atomic mass is 16.3. The van der Waals surface area contributed by atoms with E-state index in [1.165, 1.54) is 44.0 Å². The molecule has 0 aliphatic heterocycles. The molecular formula is C30H16O2. The van der Waals surface area contributed by atoms with Crippen molar-refractivity contribution in [1.29, 1.82) is 0 Å². The van der Waals surface area contributed by atoms with E-state index in [4.69, 9.17) is 8.83 Å². The number of fused-ring (bicyclic) bond motifs is 8. The number of para-hydroxylation sites is 1. The SMILES string of the molecule is c1cc2c3c(cccc3c1)-c1c-2oc2ccc(-c3ccc4oc5ccccc5c4c3)cc12. The molecule has 0 saturated heterocycles. The van der Waals surface area contributed by atoms with E-state index in [1.54, 1.807) is 0 Å². The Balaban J connectivity index is 1.38.